The van der Waals surface area contributed by atoms with Crippen molar-refractivity contribution in [2.75, 3.05) is 32.8 Å². The smallest absolute Gasteiger partial charge is 0.234 e. The zero-order chi connectivity index (χ0) is 9.68. The molecule has 0 saturated carbocycles. The summed E-state index contributed by atoms with van der Waals surface area (Å²) < 4.78 is 5.41. The number of carbonyl (C=O) groups is 1. The van der Waals surface area contributed by atoms with E-state index in [9.17, 15) is 4.79 Å². The highest BCUT2D eigenvalue weighted by molar-refractivity contribution is 5.78. The van der Waals surface area contributed by atoms with E-state index in [1.165, 1.54) is 0 Å². The predicted octanol–water partition coefficient (Wildman–Crippen LogP) is -0.157. The monoisotopic (exact) mass is 186 g/mol. The number of hydrogen-bond donors (Lipinski definition) is 1. The van der Waals surface area contributed by atoms with Gasteiger partial charge < -0.3 is 10.1 Å². The number of piperazine rings is 1. The first kappa shape index (κ1) is 10.5. The summed E-state index contributed by atoms with van der Waals surface area (Å²) in [7, 11) is 0. The summed E-state index contributed by atoms with van der Waals surface area (Å²) in [5.74, 6) is 0.121. The van der Waals surface area contributed by atoms with Crippen molar-refractivity contribution in [2.45, 2.75) is 20.0 Å². The van der Waals surface area contributed by atoms with E-state index in [-0.39, 0.29) is 12.0 Å². The average Bonchev–Trinajstić information content (AvgIpc) is 2.03. The molecule has 0 spiro atoms. The molecule has 1 rings (SSSR count). The van der Waals surface area contributed by atoms with Crippen LogP contribution in [0.2, 0.25) is 0 Å². The summed E-state index contributed by atoms with van der Waals surface area (Å²) in [5, 5.41) is 2.79. The summed E-state index contributed by atoms with van der Waals surface area (Å²) >= 11 is 0. The first-order valence-corrected chi connectivity index (χ1v) is 4.79. The molecule has 4 nitrogen and oxygen atoms in total. The second-order valence-corrected chi connectivity index (χ2v) is 3.55. The fourth-order valence-electron chi connectivity index (χ4n) is 1.30. The highest BCUT2D eigenvalue weighted by atomic mass is 16.5. The van der Waals surface area contributed by atoms with Crippen LogP contribution in [0.15, 0.2) is 0 Å². The molecule has 1 fully saturated rings. The summed E-state index contributed by atoms with van der Waals surface area (Å²) in [5.41, 5.74) is 0. The Morgan fingerprint density at radius 2 is 2.38 bits per heavy atom. The minimum atomic E-state index is 0.121. The molecule has 0 radical (unpaired) electrons. The Morgan fingerprint density at radius 3 is 3.00 bits per heavy atom. The molecule has 1 aliphatic heterocycles. The lowest BCUT2D eigenvalue weighted by Gasteiger charge is -2.26. The third-order valence-electron chi connectivity index (χ3n) is 1.98. The maximum atomic E-state index is 11.0. The third-order valence-corrected chi connectivity index (χ3v) is 1.98. The molecule has 0 aromatic heterocycles. The van der Waals surface area contributed by atoms with E-state index >= 15 is 0 Å². The van der Waals surface area contributed by atoms with Crippen molar-refractivity contribution in [1.29, 1.82) is 0 Å². The third kappa shape index (κ3) is 4.24. The Labute approximate surface area is 79.2 Å². The summed E-state index contributed by atoms with van der Waals surface area (Å²) in [6.07, 6.45) is 0.276. The van der Waals surface area contributed by atoms with Gasteiger partial charge in [-0.2, -0.15) is 0 Å². The molecule has 0 bridgehead atoms. The maximum Gasteiger partial charge on any atom is 0.234 e. The molecular formula is C9H18N2O2. The van der Waals surface area contributed by atoms with Crippen LogP contribution in [-0.2, 0) is 9.53 Å². The van der Waals surface area contributed by atoms with E-state index in [1.54, 1.807) is 0 Å². The molecule has 1 N–H and O–H groups in total. The van der Waals surface area contributed by atoms with Crippen LogP contribution in [-0.4, -0.2) is 49.7 Å². The minimum absolute atomic E-state index is 0.121. The van der Waals surface area contributed by atoms with Gasteiger partial charge in [-0.05, 0) is 13.8 Å². The highest BCUT2D eigenvalue weighted by Gasteiger charge is 2.15. The Morgan fingerprint density at radius 1 is 1.62 bits per heavy atom. The van der Waals surface area contributed by atoms with Crippen molar-refractivity contribution in [2.24, 2.45) is 0 Å². The van der Waals surface area contributed by atoms with Gasteiger partial charge >= 0.3 is 0 Å². The van der Waals surface area contributed by atoms with Crippen LogP contribution in [0.1, 0.15) is 13.8 Å². The lowest BCUT2D eigenvalue weighted by Crippen LogP contribution is -2.48. The first-order valence-electron chi connectivity index (χ1n) is 4.79. The van der Waals surface area contributed by atoms with Crippen molar-refractivity contribution in [1.82, 2.24) is 10.2 Å². The highest BCUT2D eigenvalue weighted by Crippen LogP contribution is 1.94. The van der Waals surface area contributed by atoms with Crippen molar-refractivity contribution in [3.8, 4) is 0 Å². The van der Waals surface area contributed by atoms with Gasteiger partial charge in [0.1, 0.15) is 0 Å². The summed E-state index contributed by atoms with van der Waals surface area (Å²) in [4.78, 5) is 13.1. The standard InChI is InChI=1S/C9H18N2O2/c1-8(2)13-6-5-11-4-3-10-9(12)7-11/h8H,3-7H2,1-2H3,(H,10,12). The second kappa shape index (κ2) is 5.19. The van der Waals surface area contributed by atoms with E-state index in [1.807, 2.05) is 13.8 Å². The van der Waals surface area contributed by atoms with Crippen LogP contribution < -0.4 is 5.32 Å². The Hall–Kier alpha value is -0.610. The van der Waals surface area contributed by atoms with Gasteiger partial charge in [0, 0.05) is 19.6 Å². The molecule has 1 heterocycles. The summed E-state index contributed by atoms with van der Waals surface area (Å²) in [6.45, 7) is 7.82. The van der Waals surface area contributed by atoms with E-state index in [0.29, 0.717) is 13.2 Å². The number of rotatable bonds is 4. The van der Waals surface area contributed by atoms with E-state index in [0.717, 1.165) is 19.6 Å². The van der Waals surface area contributed by atoms with E-state index < -0.39 is 0 Å². The van der Waals surface area contributed by atoms with E-state index in [4.69, 9.17) is 4.74 Å². The quantitative estimate of drug-likeness (QED) is 0.663. The zero-order valence-corrected chi connectivity index (χ0v) is 8.38. The SMILES string of the molecule is CC(C)OCCN1CCNC(=O)C1. The molecule has 0 atom stereocenters. The Balaban J connectivity index is 2.10. The topological polar surface area (TPSA) is 41.6 Å². The van der Waals surface area contributed by atoms with Crippen LogP contribution in [0.5, 0.6) is 0 Å². The number of carbonyl (C=O) groups excluding carboxylic acids is 1. The lowest BCUT2D eigenvalue weighted by atomic mass is 10.3. The molecule has 4 heteroatoms. The van der Waals surface area contributed by atoms with E-state index in [2.05, 4.69) is 10.2 Å². The molecule has 0 aliphatic carbocycles. The predicted molar refractivity (Wildman–Crippen MR) is 50.5 cm³/mol. The van der Waals surface area contributed by atoms with Crippen LogP contribution in [0.25, 0.3) is 0 Å². The second-order valence-electron chi connectivity index (χ2n) is 3.55. The van der Waals surface area contributed by atoms with Gasteiger partial charge in [-0.25, -0.2) is 0 Å². The molecule has 1 aliphatic rings. The minimum Gasteiger partial charge on any atom is -0.377 e. The maximum absolute atomic E-state index is 11.0. The fourth-order valence-corrected chi connectivity index (χ4v) is 1.30. The van der Waals surface area contributed by atoms with Crippen LogP contribution in [0.4, 0.5) is 0 Å². The van der Waals surface area contributed by atoms with Gasteiger partial charge in [0.15, 0.2) is 0 Å². The van der Waals surface area contributed by atoms with Crippen LogP contribution in [0, 0.1) is 0 Å². The van der Waals surface area contributed by atoms with Gasteiger partial charge in [-0.15, -0.1) is 0 Å². The number of nitrogens with zero attached hydrogens (tertiary/aromatic N) is 1. The number of ether oxygens (including phenoxy) is 1. The zero-order valence-electron chi connectivity index (χ0n) is 8.38. The van der Waals surface area contributed by atoms with Crippen molar-refractivity contribution < 1.29 is 9.53 Å². The molecule has 76 valence electrons. The fraction of sp³-hybridized carbons (Fsp3) is 0.889. The molecule has 13 heavy (non-hydrogen) atoms. The molecule has 0 unspecified atom stereocenters. The Bertz CT molecular complexity index is 171. The van der Waals surface area contributed by atoms with Crippen LogP contribution >= 0.6 is 0 Å². The molecular weight excluding hydrogens is 168 g/mol. The summed E-state index contributed by atoms with van der Waals surface area (Å²) in [6, 6.07) is 0. The average molecular weight is 186 g/mol. The molecule has 1 amide bonds. The molecule has 0 aromatic rings. The van der Waals surface area contributed by atoms with Gasteiger partial charge in [-0.3, -0.25) is 9.69 Å². The number of hydrogen-bond acceptors (Lipinski definition) is 3. The van der Waals surface area contributed by atoms with Crippen molar-refractivity contribution >= 4 is 5.91 Å². The Kier molecular flexibility index (Phi) is 4.18. The number of amides is 1. The van der Waals surface area contributed by atoms with Crippen molar-refractivity contribution in [3.63, 3.8) is 0 Å². The molecule has 0 aromatic carbocycles. The first-order chi connectivity index (χ1) is 6.18. The number of nitrogens with one attached hydrogen (secondary N) is 1. The van der Waals surface area contributed by atoms with Gasteiger partial charge in [-0.1, -0.05) is 0 Å². The van der Waals surface area contributed by atoms with Gasteiger partial charge in [0.2, 0.25) is 5.91 Å². The van der Waals surface area contributed by atoms with Crippen LogP contribution in [0.3, 0.4) is 0 Å². The van der Waals surface area contributed by atoms with Crippen molar-refractivity contribution in [3.05, 3.63) is 0 Å². The lowest BCUT2D eigenvalue weighted by molar-refractivity contribution is -0.124. The largest absolute Gasteiger partial charge is 0.377 e. The van der Waals surface area contributed by atoms with Gasteiger partial charge in [0.05, 0.1) is 19.3 Å². The molecule has 1 saturated heterocycles. The van der Waals surface area contributed by atoms with Gasteiger partial charge in [0.25, 0.3) is 0 Å². The normalized spacial score (nSPS) is 19.2.